The summed E-state index contributed by atoms with van der Waals surface area (Å²) in [6.45, 7) is 4.36. The zero-order chi connectivity index (χ0) is 16.5. The van der Waals surface area contributed by atoms with Gasteiger partial charge < -0.3 is 10.1 Å². The monoisotopic (exact) mass is 305 g/mol. The van der Waals surface area contributed by atoms with Crippen molar-refractivity contribution in [2.75, 3.05) is 13.7 Å². The Labute approximate surface area is 131 Å². The Bertz CT molecular complexity index is 552. The number of carbonyl (C=O) groups excluding carboxylic acids is 3. The van der Waals surface area contributed by atoms with Crippen molar-refractivity contribution in [3.63, 3.8) is 0 Å². The number of hydrogen-bond donors (Lipinski definition) is 1. The third-order valence-electron chi connectivity index (χ3n) is 3.52. The van der Waals surface area contributed by atoms with Crippen LogP contribution in [0, 0.1) is 13.8 Å². The van der Waals surface area contributed by atoms with Crippen LogP contribution < -0.4 is 5.32 Å². The standard InChI is InChI=1S/C17H23NO4/c1-12-6-7-14(11-13(12)2)15(19)8-9-16(20)18-10-4-5-17(21)22-3/h6-7,11H,4-5,8-10H2,1-3H3,(H,18,20). The van der Waals surface area contributed by atoms with Crippen molar-refractivity contribution in [1.29, 1.82) is 0 Å². The zero-order valence-corrected chi connectivity index (χ0v) is 13.4. The number of Topliss-reactive ketones (excluding diaryl/α,β-unsaturated/α-hetero) is 1. The average Bonchev–Trinajstić information content (AvgIpc) is 2.51. The van der Waals surface area contributed by atoms with Gasteiger partial charge in [0.1, 0.15) is 0 Å². The molecule has 1 rings (SSSR count). The van der Waals surface area contributed by atoms with Gasteiger partial charge in [0.25, 0.3) is 0 Å². The zero-order valence-electron chi connectivity index (χ0n) is 13.4. The van der Waals surface area contributed by atoms with Crippen molar-refractivity contribution in [2.24, 2.45) is 0 Å². The van der Waals surface area contributed by atoms with Crippen molar-refractivity contribution in [2.45, 2.75) is 39.5 Å². The predicted molar refractivity (Wildman–Crippen MR) is 83.7 cm³/mol. The predicted octanol–water partition coefficient (Wildman–Crippen LogP) is 2.34. The molecule has 22 heavy (non-hydrogen) atoms. The third-order valence-corrected chi connectivity index (χ3v) is 3.52. The van der Waals surface area contributed by atoms with Crippen molar-refractivity contribution in [3.05, 3.63) is 34.9 Å². The van der Waals surface area contributed by atoms with E-state index >= 15 is 0 Å². The maximum absolute atomic E-state index is 12.0. The van der Waals surface area contributed by atoms with E-state index in [4.69, 9.17) is 0 Å². The van der Waals surface area contributed by atoms with Crippen molar-refractivity contribution >= 4 is 17.7 Å². The van der Waals surface area contributed by atoms with Gasteiger partial charge in [-0.15, -0.1) is 0 Å². The van der Waals surface area contributed by atoms with Crippen LogP contribution in [-0.2, 0) is 14.3 Å². The number of carbonyl (C=O) groups is 3. The van der Waals surface area contributed by atoms with Crippen LogP contribution in [0.4, 0.5) is 0 Å². The number of benzene rings is 1. The van der Waals surface area contributed by atoms with Gasteiger partial charge in [0, 0.05) is 31.4 Å². The van der Waals surface area contributed by atoms with E-state index in [9.17, 15) is 14.4 Å². The van der Waals surface area contributed by atoms with E-state index in [0.29, 0.717) is 18.5 Å². The number of esters is 1. The number of rotatable bonds is 8. The maximum Gasteiger partial charge on any atom is 0.305 e. The third kappa shape index (κ3) is 6.08. The van der Waals surface area contributed by atoms with E-state index in [1.165, 1.54) is 7.11 Å². The highest BCUT2D eigenvalue weighted by atomic mass is 16.5. The minimum absolute atomic E-state index is 0.0344. The van der Waals surface area contributed by atoms with E-state index in [0.717, 1.165) is 11.1 Å². The average molecular weight is 305 g/mol. The van der Waals surface area contributed by atoms with Crippen molar-refractivity contribution in [1.82, 2.24) is 5.32 Å². The Balaban J connectivity index is 2.30. The van der Waals surface area contributed by atoms with E-state index in [-0.39, 0.29) is 36.9 Å². The summed E-state index contributed by atoms with van der Waals surface area (Å²) in [5.74, 6) is -0.506. The van der Waals surface area contributed by atoms with E-state index in [1.807, 2.05) is 26.0 Å². The molecule has 0 atom stereocenters. The number of ketones is 1. The highest BCUT2D eigenvalue weighted by Gasteiger charge is 2.10. The van der Waals surface area contributed by atoms with Gasteiger partial charge in [-0.1, -0.05) is 12.1 Å². The molecule has 0 heterocycles. The first kappa shape index (κ1) is 17.9. The van der Waals surface area contributed by atoms with Gasteiger partial charge in [0.15, 0.2) is 5.78 Å². The van der Waals surface area contributed by atoms with Crippen LogP contribution in [0.1, 0.15) is 47.2 Å². The first-order valence-corrected chi connectivity index (χ1v) is 7.38. The summed E-state index contributed by atoms with van der Waals surface area (Å²) in [6, 6.07) is 5.56. The molecule has 0 aliphatic carbocycles. The van der Waals surface area contributed by atoms with Crippen LogP contribution in [0.25, 0.3) is 0 Å². The molecule has 5 heteroatoms. The lowest BCUT2D eigenvalue weighted by molar-refractivity contribution is -0.140. The summed E-state index contributed by atoms with van der Waals surface area (Å²) in [7, 11) is 1.33. The molecule has 0 aromatic heterocycles. The van der Waals surface area contributed by atoms with Gasteiger partial charge in [0.05, 0.1) is 7.11 Å². The molecule has 0 aliphatic rings. The molecule has 0 saturated heterocycles. The molecule has 0 fully saturated rings. The topological polar surface area (TPSA) is 72.5 Å². The number of methoxy groups -OCH3 is 1. The Morgan fingerprint density at radius 1 is 1.05 bits per heavy atom. The summed E-state index contributed by atoms with van der Waals surface area (Å²) in [4.78, 5) is 34.6. The number of ether oxygens (including phenoxy) is 1. The van der Waals surface area contributed by atoms with Crippen molar-refractivity contribution in [3.8, 4) is 0 Å². The fourth-order valence-corrected chi connectivity index (χ4v) is 1.94. The second kappa shape index (κ2) is 8.97. The molecular formula is C17H23NO4. The fraction of sp³-hybridized carbons (Fsp3) is 0.471. The number of aryl methyl sites for hydroxylation is 2. The molecule has 120 valence electrons. The molecule has 0 spiro atoms. The van der Waals surface area contributed by atoms with Crippen LogP contribution >= 0.6 is 0 Å². The second-order valence-corrected chi connectivity index (χ2v) is 5.25. The van der Waals surface area contributed by atoms with Gasteiger partial charge in [-0.05, 0) is 37.5 Å². The quantitative estimate of drug-likeness (QED) is 0.454. The number of hydrogen-bond acceptors (Lipinski definition) is 4. The Kier molecular flexibility index (Phi) is 7.29. The Hall–Kier alpha value is -2.17. The minimum Gasteiger partial charge on any atom is -0.469 e. The molecule has 5 nitrogen and oxygen atoms in total. The number of nitrogens with one attached hydrogen (secondary N) is 1. The maximum atomic E-state index is 12.0. The van der Waals surface area contributed by atoms with Crippen LogP contribution in [0.5, 0.6) is 0 Å². The summed E-state index contributed by atoms with van der Waals surface area (Å²) in [6.07, 6.45) is 1.15. The molecule has 0 aliphatic heterocycles. The molecule has 1 amide bonds. The summed E-state index contributed by atoms with van der Waals surface area (Å²) in [5, 5.41) is 2.69. The number of amides is 1. The molecule has 1 N–H and O–H groups in total. The lowest BCUT2D eigenvalue weighted by Gasteiger charge is -2.06. The van der Waals surface area contributed by atoms with Crippen molar-refractivity contribution < 1.29 is 19.1 Å². The highest BCUT2D eigenvalue weighted by Crippen LogP contribution is 2.12. The molecule has 0 radical (unpaired) electrons. The molecule has 0 bridgehead atoms. The van der Waals surface area contributed by atoms with Crippen LogP contribution in [-0.4, -0.2) is 31.3 Å². The van der Waals surface area contributed by atoms with E-state index in [2.05, 4.69) is 10.1 Å². The Morgan fingerprint density at radius 3 is 2.41 bits per heavy atom. The first-order chi connectivity index (χ1) is 10.4. The van der Waals surface area contributed by atoms with Gasteiger partial charge >= 0.3 is 5.97 Å². The van der Waals surface area contributed by atoms with Crippen LogP contribution in [0.15, 0.2) is 18.2 Å². The largest absolute Gasteiger partial charge is 0.469 e. The van der Waals surface area contributed by atoms with Gasteiger partial charge in [0.2, 0.25) is 5.91 Å². The lowest BCUT2D eigenvalue weighted by Crippen LogP contribution is -2.25. The Morgan fingerprint density at radius 2 is 1.77 bits per heavy atom. The summed E-state index contributed by atoms with van der Waals surface area (Å²) in [5.41, 5.74) is 2.85. The smallest absolute Gasteiger partial charge is 0.305 e. The lowest BCUT2D eigenvalue weighted by atomic mass is 10.0. The van der Waals surface area contributed by atoms with Crippen LogP contribution in [0.3, 0.4) is 0 Å². The van der Waals surface area contributed by atoms with Gasteiger partial charge in [-0.25, -0.2) is 0 Å². The molecule has 1 aromatic rings. The minimum atomic E-state index is -0.292. The van der Waals surface area contributed by atoms with Gasteiger partial charge in [-0.2, -0.15) is 0 Å². The summed E-state index contributed by atoms with van der Waals surface area (Å²) < 4.78 is 4.51. The first-order valence-electron chi connectivity index (χ1n) is 7.38. The molecule has 0 unspecified atom stereocenters. The van der Waals surface area contributed by atoms with Gasteiger partial charge in [-0.3, -0.25) is 14.4 Å². The van der Waals surface area contributed by atoms with E-state index < -0.39 is 0 Å². The molecular weight excluding hydrogens is 282 g/mol. The second-order valence-electron chi connectivity index (χ2n) is 5.25. The molecule has 0 saturated carbocycles. The SMILES string of the molecule is COC(=O)CCCNC(=O)CCC(=O)c1ccc(C)c(C)c1. The fourth-order valence-electron chi connectivity index (χ4n) is 1.94. The highest BCUT2D eigenvalue weighted by molar-refractivity contribution is 5.98. The van der Waals surface area contributed by atoms with E-state index in [1.54, 1.807) is 6.07 Å². The van der Waals surface area contributed by atoms with Crippen LogP contribution in [0.2, 0.25) is 0 Å². The normalized spacial score (nSPS) is 10.1. The summed E-state index contributed by atoms with van der Waals surface area (Å²) >= 11 is 0. The molecule has 1 aromatic carbocycles.